The van der Waals surface area contributed by atoms with Gasteiger partial charge < -0.3 is 15.4 Å². The summed E-state index contributed by atoms with van der Waals surface area (Å²) >= 11 is 0. The molecule has 136 valence electrons. The number of nitrogens with one attached hydrogen (secondary N) is 2. The van der Waals surface area contributed by atoms with E-state index < -0.39 is 17.6 Å². The Morgan fingerprint density at radius 2 is 2.12 bits per heavy atom. The third-order valence-electron chi connectivity index (χ3n) is 4.05. The normalized spacial score (nSPS) is 17.2. The maximum atomic E-state index is 14.2. The molecule has 0 aromatic heterocycles. The van der Waals surface area contributed by atoms with Gasteiger partial charge in [-0.15, -0.1) is 0 Å². The Bertz CT molecular complexity index is 855. The molecule has 0 spiro atoms. The number of carbonyl (C=O) groups excluding carboxylic acids is 1. The zero-order chi connectivity index (χ0) is 18.7. The first-order chi connectivity index (χ1) is 12.5. The van der Waals surface area contributed by atoms with E-state index in [2.05, 4.69) is 15.6 Å². The van der Waals surface area contributed by atoms with Gasteiger partial charge in [-0.2, -0.15) is 0 Å². The summed E-state index contributed by atoms with van der Waals surface area (Å²) < 4.78 is 33.2. The van der Waals surface area contributed by atoms with E-state index in [1.54, 1.807) is 25.3 Å². The molecule has 26 heavy (non-hydrogen) atoms. The fraction of sp³-hybridized carbons (Fsp3) is 0.263. The van der Waals surface area contributed by atoms with Crippen LogP contribution in [0.4, 0.5) is 25.8 Å². The number of hydrogen-bond donors (Lipinski definition) is 2. The van der Waals surface area contributed by atoms with Crippen molar-refractivity contribution in [1.29, 1.82) is 0 Å². The monoisotopic (exact) mass is 359 g/mol. The lowest BCUT2D eigenvalue weighted by molar-refractivity contribution is -0.115. The van der Waals surface area contributed by atoms with Crippen molar-refractivity contribution in [3.05, 3.63) is 53.6 Å². The maximum Gasteiger partial charge on any atom is 0.237 e. The second-order valence-corrected chi connectivity index (χ2v) is 6.11. The maximum absolute atomic E-state index is 14.2. The Morgan fingerprint density at radius 3 is 2.85 bits per heavy atom. The van der Waals surface area contributed by atoms with Gasteiger partial charge in [0.15, 0.2) is 0 Å². The number of anilines is 2. The molecule has 0 saturated heterocycles. The minimum absolute atomic E-state index is 0.0505. The largest absolute Gasteiger partial charge is 0.383 e. The van der Waals surface area contributed by atoms with Gasteiger partial charge in [0, 0.05) is 36.7 Å². The van der Waals surface area contributed by atoms with Gasteiger partial charge in [0.05, 0.1) is 18.0 Å². The molecule has 2 aromatic rings. The van der Waals surface area contributed by atoms with Gasteiger partial charge in [-0.3, -0.25) is 9.79 Å². The number of rotatable bonds is 6. The number of halogens is 2. The first kappa shape index (κ1) is 18.0. The molecule has 1 aliphatic heterocycles. The number of aliphatic imine (C=N–C) groups is 1. The minimum Gasteiger partial charge on any atom is -0.383 e. The molecule has 0 bridgehead atoms. The average molecular weight is 359 g/mol. The molecule has 2 unspecified atom stereocenters. The molecule has 5 nitrogen and oxygen atoms in total. The van der Waals surface area contributed by atoms with Crippen LogP contribution in [0, 0.1) is 11.6 Å². The summed E-state index contributed by atoms with van der Waals surface area (Å²) in [4.78, 5) is 16.2. The number of nitrogens with zero attached hydrogens (tertiary/aromatic N) is 1. The van der Waals surface area contributed by atoms with Crippen LogP contribution in [-0.4, -0.2) is 31.9 Å². The van der Waals surface area contributed by atoms with Crippen molar-refractivity contribution in [2.24, 2.45) is 4.99 Å². The molecular formula is C19H19F2N3O2. The fourth-order valence-electron chi connectivity index (χ4n) is 2.87. The quantitative estimate of drug-likeness (QED) is 0.770. The lowest BCUT2D eigenvalue weighted by Gasteiger charge is -2.14. The molecule has 0 radical (unpaired) electrons. The standard InChI is InChI=1S/C19H19F2N3O2/c1-11(10-26-2)23-16-7-6-12(8-15(16)21)22-9-13-18-14(20)4-3-5-17(18)24-19(13)25/h3-9,11,13,23H,10H2,1-2H3,(H,24,25). The molecule has 3 rings (SSSR count). The zero-order valence-corrected chi connectivity index (χ0v) is 14.4. The first-order valence-electron chi connectivity index (χ1n) is 8.18. The molecule has 0 fully saturated rings. The predicted molar refractivity (Wildman–Crippen MR) is 97.3 cm³/mol. The van der Waals surface area contributed by atoms with Gasteiger partial charge in [-0.25, -0.2) is 8.78 Å². The van der Waals surface area contributed by atoms with Crippen molar-refractivity contribution in [1.82, 2.24) is 0 Å². The molecule has 7 heteroatoms. The highest BCUT2D eigenvalue weighted by atomic mass is 19.1. The van der Waals surface area contributed by atoms with Gasteiger partial charge in [0.2, 0.25) is 5.91 Å². The number of hydrogen-bond acceptors (Lipinski definition) is 4. The molecular weight excluding hydrogens is 340 g/mol. The average Bonchev–Trinajstić information content (AvgIpc) is 2.92. The van der Waals surface area contributed by atoms with Gasteiger partial charge >= 0.3 is 0 Å². The summed E-state index contributed by atoms with van der Waals surface area (Å²) in [7, 11) is 1.58. The summed E-state index contributed by atoms with van der Waals surface area (Å²) in [6.07, 6.45) is 1.33. The van der Waals surface area contributed by atoms with E-state index >= 15 is 0 Å². The van der Waals surface area contributed by atoms with Crippen molar-refractivity contribution >= 4 is 29.2 Å². The van der Waals surface area contributed by atoms with Crippen LogP contribution in [0.2, 0.25) is 0 Å². The Kier molecular flexibility index (Phi) is 5.27. The van der Waals surface area contributed by atoms with Crippen LogP contribution in [0.5, 0.6) is 0 Å². The van der Waals surface area contributed by atoms with Gasteiger partial charge in [0.1, 0.15) is 17.6 Å². The summed E-state index contributed by atoms with van der Waals surface area (Å²) in [6.45, 7) is 2.32. The number of carbonyl (C=O) groups is 1. The first-order valence-corrected chi connectivity index (χ1v) is 8.18. The van der Waals surface area contributed by atoms with Crippen molar-refractivity contribution in [3.8, 4) is 0 Å². The van der Waals surface area contributed by atoms with Crippen LogP contribution in [0.3, 0.4) is 0 Å². The molecule has 1 aliphatic rings. The molecule has 2 N–H and O–H groups in total. The Hall–Kier alpha value is -2.80. The Labute approximate surface area is 150 Å². The minimum atomic E-state index is -0.839. The smallest absolute Gasteiger partial charge is 0.237 e. The van der Waals surface area contributed by atoms with Crippen molar-refractivity contribution < 1.29 is 18.3 Å². The highest BCUT2D eigenvalue weighted by Gasteiger charge is 2.31. The highest BCUT2D eigenvalue weighted by Crippen LogP contribution is 2.34. The third-order valence-corrected chi connectivity index (χ3v) is 4.05. The highest BCUT2D eigenvalue weighted by molar-refractivity contribution is 6.12. The lowest BCUT2D eigenvalue weighted by Crippen LogP contribution is -2.21. The van der Waals surface area contributed by atoms with Crippen molar-refractivity contribution in [2.45, 2.75) is 18.9 Å². The number of fused-ring (bicyclic) bond motifs is 1. The topological polar surface area (TPSA) is 62.7 Å². The zero-order valence-electron chi connectivity index (χ0n) is 14.4. The van der Waals surface area contributed by atoms with E-state index in [4.69, 9.17) is 4.74 Å². The molecule has 1 heterocycles. The van der Waals surface area contributed by atoms with E-state index in [9.17, 15) is 13.6 Å². The molecule has 0 aliphatic carbocycles. The van der Waals surface area contributed by atoms with E-state index in [1.807, 2.05) is 6.92 Å². The number of amides is 1. The fourth-order valence-corrected chi connectivity index (χ4v) is 2.87. The van der Waals surface area contributed by atoms with E-state index in [0.717, 1.165) is 0 Å². The van der Waals surface area contributed by atoms with Crippen LogP contribution in [0.25, 0.3) is 0 Å². The van der Waals surface area contributed by atoms with Crippen LogP contribution in [0.1, 0.15) is 18.4 Å². The van der Waals surface area contributed by atoms with Crippen LogP contribution >= 0.6 is 0 Å². The number of methoxy groups -OCH3 is 1. The summed E-state index contributed by atoms with van der Waals surface area (Å²) in [6, 6.07) is 8.85. The second-order valence-electron chi connectivity index (χ2n) is 6.11. The van der Waals surface area contributed by atoms with Crippen LogP contribution in [-0.2, 0) is 9.53 Å². The molecule has 1 amide bonds. The predicted octanol–water partition coefficient (Wildman–Crippen LogP) is 3.85. The number of ether oxygens (including phenoxy) is 1. The van der Waals surface area contributed by atoms with Crippen molar-refractivity contribution in [2.75, 3.05) is 24.4 Å². The SMILES string of the molecule is COCC(C)Nc1ccc(N=CC2C(=O)Nc3cccc(F)c32)cc1F. The molecule has 2 aromatic carbocycles. The number of benzene rings is 2. The molecule has 0 saturated carbocycles. The van der Waals surface area contributed by atoms with E-state index in [1.165, 1.54) is 24.4 Å². The van der Waals surface area contributed by atoms with Crippen LogP contribution in [0.15, 0.2) is 41.4 Å². The Balaban J connectivity index is 1.78. The van der Waals surface area contributed by atoms with Crippen molar-refractivity contribution in [3.63, 3.8) is 0 Å². The third kappa shape index (κ3) is 3.72. The lowest BCUT2D eigenvalue weighted by atomic mass is 10.0. The summed E-state index contributed by atoms with van der Waals surface area (Å²) in [5.41, 5.74) is 1.37. The van der Waals surface area contributed by atoms with Gasteiger partial charge in [0.25, 0.3) is 0 Å². The summed E-state index contributed by atoms with van der Waals surface area (Å²) in [5, 5.41) is 5.61. The summed E-state index contributed by atoms with van der Waals surface area (Å²) in [5.74, 6) is -2.14. The van der Waals surface area contributed by atoms with E-state index in [0.29, 0.717) is 23.7 Å². The Morgan fingerprint density at radius 1 is 1.31 bits per heavy atom. The second kappa shape index (κ2) is 7.61. The van der Waals surface area contributed by atoms with E-state index in [-0.39, 0.29) is 17.5 Å². The van der Waals surface area contributed by atoms with Crippen LogP contribution < -0.4 is 10.6 Å². The van der Waals surface area contributed by atoms with Gasteiger partial charge in [-0.1, -0.05) is 6.07 Å². The van der Waals surface area contributed by atoms with Gasteiger partial charge in [-0.05, 0) is 31.2 Å². The molecule has 2 atom stereocenters.